The van der Waals surface area contributed by atoms with Gasteiger partial charge in [-0.25, -0.2) is 4.98 Å². The van der Waals surface area contributed by atoms with Crippen LogP contribution in [0.15, 0.2) is 6.07 Å². The molecule has 0 bridgehead atoms. The van der Waals surface area contributed by atoms with Crippen molar-refractivity contribution in [3.8, 4) is 0 Å². The van der Waals surface area contributed by atoms with Crippen LogP contribution in [0.4, 0.5) is 5.69 Å². The molecule has 2 atom stereocenters. The molecule has 3 rings (SSSR count). The SMILES string of the molecule is Cc1cc(Cl)nc(Cl)c1NC1CCN2CCCCC12. The van der Waals surface area contributed by atoms with Crippen LogP contribution in [0.1, 0.15) is 31.2 Å². The van der Waals surface area contributed by atoms with E-state index in [1.165, 1.54) is 38.8 Å². The molecule has 2 saturated heterocycles. The fourth-order valence-electron chi connectivity index (χ4n) is 3.37. The van der Waals surface area contributed by atoms with Gasteiger partial charge in [0.2, 0.25) is 0 Å². The second-order valence-electron chi connectivity index (χ2n) is 5.57. The molecule has 0 amide bonds. The van der Waals surface area contributed by atoms with E-state index in [4.69, 9.17) is 23.2 Å². The number of piperidine rings is 1. The minimum absolute atomic E-state index is 0.457. The molecule has 0 radical (unpaired) electrons. The van der Waals surface area contributed by atoms with Crippen molar-refractivity contribution in [3.63, 3.8) is 0 Å². The van der Waals surface area contributed by atoms with Crippen molar-refractivity contribution in [3.05, 3.63) is 21.9 Å². The zero-order valence-corrected chi connectivity index (χ0v) is 12.6. The molecule has 1 N–H and O–H groups in total. The van der Waals surface area contributed by atoms with Crippen LogP contribution in [-0.2, 0) is 0 Å². The second kappa shape index (κ2) is 5.47. The lowest BCUT2D eigenvalue weighted by Gasteiger charge is -2.33. The van der Waals surface area contributed by atoms with Crippen molar-refractivity contribution in [2.45, 2.75) is 44.7 Å². The zero-order chi connectivity index (χ0) is 13.4. The number of nitrogens with one attached hydrogen (secondary N) is 1. The van der Waals surface area contributed by atoms with Crippen molar-refractivity contribution in [1.29, 1.82) is 0 Å². The molecule has 1 aromatic rings. The topological polar surface area (TPSA) is 28.2 Å². The summed E-state index contributed by atoms with van der Waals surface area (Å²) in [6.45, 7) is 4.46. The molecular formula is C14H19Cl2N3. The lowest BCUT2D eigenvalue weighted by Crippen LogP contribution is -2.41. The maximum absolute atomic E-state index is 6.22. The minimum atomic E-state index is 0.457. The van der Waals surface area contributed by atoms with E-state index in [0.717, 1.165) is 11.3 Å². The van der Waals surface area contributed by atoms with Crippen LogP contribution in [0.5, 0.6) is 0 Å². The fraction of sp³-hybridized carbons (Fsp3) is 0.643. The molecule has 0 saturated carbocycles. The molecule has 5 heteroatoms. The summed E-state index contributed by atoms with van der Waals surface area (Å²) in [6.07, 6.45) is 5.15. The number of aromatic nitrogens is 1. The van der Waals surface area contributed by atoms with Gasteiger partial charge in [-0.1, -0.05) is 29.6 Å². The summed E-state index contributed by atoms with van der Waals surface area (Å²) in [7, 11) is 0. The first-order chi connectivity index (χ1) is 9.15. The molecule has 104 valence electrons. The summed E-state index contributed by atoms with van der Waals surface area (Å²) in [5.74, 6) is 0. The Kier molecular flexibility index (Phi) is 3.88. The van der Waals surface area contributed by atoms with E-state index in [0.29, 0.717) is 22.4 Å². The molecule has 2 fully saturated rings. The summed E-state index contributed by atoms with van der Waals surface area (Å²) in [6, 6.07) is 3.00. The average Bonchev–Trinajstić information content (AvgIpc) is 2.77. The number of hydrogen-bond acceptors (Lipinski definition) is 3. The van der Waals surface area contributed by atoms with Crippen LogP contribution >= 0.6 is 23.2 Å². The number of hydrogen-bond donors (Lipinski definition) is 1. The van der Waals surface area contributed by atoms with Crippen molar-refractivity contribution < 1.29 is 0 Å². The molecular weight excluding hydrogens is 281 g/mol. The highest BCUT2D eigenvalue weighted by atomic mass is 35.5. The van der Waals surface area contributed by atoms with Gasteiger partial charge in [-0.3, -0.25) is 4.90 Å². The first-order valence-corrected chi connectivity index (χ1v) is 7.74. The maximum atomic E-state index is 6.22. The van der Waals surface area contributed by atoms with Gasteiger partial charge in [0.15, 0.2) is 5.15 Å². The van der Waals surface area contributed by atoms with E-state index in [1.807, 2.05) is 13.0 Å². The van der Waals surface area contributed by atoms with Gasteiger partial charge in [-0.2, -0.15) is 0 Å². The Balaban J connectivity index is 1.78. The third kappa shape index (κ3) is 2.69. The Labute approximate surface area is 124 Å². The van der Waals surface area contributed by atoms with E-state index < -0.39 is 0 Å². The van der Waals surface area contributed by atoms with Gasteiger partial charge < -0.3 is 5.32 Å². The number of halogens is 2. The van der Waals surface area contributed by atoms with Gasteiger partial charge >= 0.3 is 0 Å². The van der Waals surface area contributed by atoms with Crippen LogP contribution in [0, 0.1) is 6.92 Å². The van der Waals surface area contributed by atoms with Crippen LogP contribution in [0.3, 0.4) is 0 Å². The number of pyridine rings is 1. The van der Waals surface area contributed by atoms with Crippen molar-refractivity contribution in [2.24, 2.45) is 0 Å². The smallest absolute Gasteiger partial charge is 0.154 e. The largest absolute Gasteiger partial charge is 0.378 e. The Morgan fingerprint density at radius 1 is 1.26 bits per heavy atom. The third-order valence-corrected chi connectivity index (χ3v) is 4.79. The fourth-order valence-corrected chi connectivity index (χ4v) is 3.96. The first-order valence-electron chi connectivity index (χ1n) is 6.98. The molecule has 0 spiro atoms. The zero-order valence-electron chi connectivity index (χ0n) is 11.1. The van der Waals surface area contributed by atoms with Crippen molar-refractivity contribution >= 4 is 28.9 Å². The molecule has 2 aliphatic heterocycles. The number of aryl methyl sites for hydroxylation is 1. The maximum Gasteiger partial charge on any atom is 0.154 e. The van der Waals surface area contributed by atoms with Gasteiger partial charge in [0.25, 0.3) is 0 Å². The highest BCUT2D eigenvalue weighted by Gasteiger charge is 2.35. The molecule has 3 nitrogen and oxygen atoms in total. The molecule has 3 heterocycles. The second-order valence-corrected chi connectivity index (χ2v) is 6.31. The number of anilines is 1. The van der Waals surface area contributed by atoms with E-state index in [1.54, 1.807) is 0 Å². The summed E-state index contributed by atoms with van der Waals surface area (Å²) >= 11 is 12.1. The molecule has 2 unspecified atom stereocenters. The van der Waals surface area contributed by atoms with Crippen molar-refractivity contribution in [1.82, 2.24) is 9.88 Å². The Morgan fingerprint density at radius 3 is 2.89 bits per heavy atom. The predicted molar refractivity (Wildman–Crippen MR) is 80.2 cm³/mol. The summed E-state index contributed by atoms with van der Waals surface area (Å²) in [5, 5.41) is 4.55. The summed E-state index contributed by atoms with van der Waals surface area (Å²) in [5.41, 5.74) is 2.02. The van der Waals surface area contributed by atoms with E-state index in [2.05, 4.69) is 15.2 Å². The molecule has 0 aliphatic carbocycles. The summed E-state index contributed by atoms with van der Waals surface area (Å²) < 4.78 is 0. The predicted octanol–water partition coefficient (Wildman–Crippen LogP) is 3.74. The number of rotatable bonds is 2. The Morgan fingerprint density at radius 2 is 2.11 bits per heavy atom. The Hall–Kier alpha value is -0.510. The lowest BCUT2D eigenvalue weighted by molar-refractivity contribution is 0.192. The van der Waals surface area contributed by atoms with Crippen LogP contribution in [-0.4, -0.2) is 35.1 Å². The summed E-state index contributed by atoms with van der Waals surface area (Å²) in [4.78, 5) is 6.74. The molecule has 2 aliphatic rings. The minimum Gasteiger partial charge on any atom is -0.378 e. The lowest BCUT2D eigenvalue weighted by atomic mass is 9.98. The monoisotopic (exact) mass is 299 g/mol. The van der Waals surface area contributed by atoms with Gasteiger partial charge in [0.1, 0.15) is 5.15 Å². The van der Waals surface area contributed by atoms with Gasteiger partial charge in [-0.05, 0) is 44.4 Å². The molecule has 0 aromatic carbocycles. The standard InChI is InChI=1S/C14H19Cl2N3/c1-9-8-12(15)18-14(16)13(9)17-10-5-7-19-6-3-2-4-11(10)19/h8,10-11,17H,2-7H2,1H3. The van der Waals surface area contributed by atoms with E-state index >= 15 is 0 Å². The van der Waals surface area contributed by atoms with Crippen molar-refractivity contribution in [2.75, 3.05) is 18.4 Å². The normalized spacial score (nSPS) is 27.3. The van der Waals surface area contributed by atoms with E-state index in [-0.39, 0.29) is 0 Å². The average molecular weight is 300 g/mol. The first kappa shape index (κ1) is 13.5. The highest BCUT2D eigenvalue weighted by Crippen LogP contribution is 2.33. The third-order valence-electron chi connectivity index (χ3n) is 4.33. The molecule has 19 heavy (non-hydrogen) atoms. The van der Waals surface area contributed by atoms with Crippen LogP contribution in [0.25, 0.3) is 0 Å². The van der Waals surface area contributed by atoms with Crippen LogP contribution < -0.4 is 5.32 Å². The van der Waals surface area contributed by atoms with Gasteiger partial charge in [-0.15, -0.1) is 0 Å². The van der Waals surface area contributed by atoms with E-state index in [9.17, 15) is 0 Å². The molecule has 1 aromatic heterocycles. The van der Waals surface area contributed by atoms with Gasteiger partial charge in [0.05, 0.1) is 5.69 Å². The Bertz CT molecular complexity index is 455. The van der Waals surface area contributed by atoms with Gasteiger partial charge in [0, 0.05) is 18.6 Å². The number of nitrogens with zero attached hydrogens (tertiary/aromatic N) is 2. The number of fused-ring (bicyclic) bond motifs is 1. The highest BCUT2D eigenvalue weighted by molar-refractivity contribution is 6.34. The van der Waals surface area contributed by atoms with Crippen LogP contribution in [0.2, 0.25) is 10.3 Å². The quantitative estimate of drug-likeness (QED) is 0.843.